The van der Waals surface area contributed by atoms with Gasteiger partial charge in [-0.1, -0.05) is 0 Å². The minimum Gasteiger partial charge on any atom is -0.462 e. The molecule has 0 radical (unpaired) electrons. The monoisotopic (exact) mass is 243 g/mol. The Morgan fingerprint density at radius 2 is 1.71 bits per heavy atom. The molecule has 0 N–H and O–H groups in total. The van der Waals surface area contributed by atoms with E-state index in [1.807, 2.05) is 20.8 Å². The van der Waals surface area contributed by atoms with Gasteiger partial charge >= 0.3 is 12.1 Å². The maximum atomic E-state index is 11.7. The third-order valence-electron chi connectivity index (χ3n) is 2.43. The van der Waals surface area contributed by atoms with Crippen LogP contribution in [0.15, 0.2) is 0 Å². The average Bonchev–Trinajstić information content (AvgIpc) is 2.15. The Hall–Kier alpha value is -1.26. The van der Waals surface area contributed by atoms with Gasteiger partial charge in [0, 0.05) is 32.9 Å². The van der Waals surface area contributed by atoms with Crippen LogP contribution in [0.2, 0.25) is 0 Å². The minimum absolute atomic E-state index is 0.0637. The van der Waals surface area contributed by atoms with Crippen molar-refractivity contribution < 1.29 is 19.1 Å². The Balaban J connectivity index is 2.36. The van der Waals surface area contributed by atoms with Gasteiger partial charge in [-0.3, -0.25) is 4.79 Å². The molecule has 1 fully saturated rings. The first-order chi connectivity index (χ1) is 7.78. The molecule has 0 bridgehead atoms. The van der Waals surface area contributed by atoms with Gasteiger partial charge in [0.15, 0.2) is 0 Å². The van der Waals surface area contributed by atoms with Gasteiger partial charge in [0.2, 0.25) is 0 Å². The predicted octanol–water partition coefficient (Wildman–Crippen LogP) is 1.95. The Kier molecular flexibility index (Phi) is 4.37. The number of likely N-dealkylation sites (tertiary alicyclic amines) is 1. The molecule has 1 heterocycles. The van der Waals surface area contributed by atoms with E-state index in [1.54, 1.807) is 4.90 Å². The molecule has 0 aliphatic carbocycles. The lowest BCUT2D eigenvalue weighted by Gasteiger charge is -2.32. The van der Waals surface area contributed by atoms with Gasteiger partial charge in [0.25, 0.3) is 0 Å². The Labute approximate surface area is 102 Å². The number of rotatable bonds is 1. The second kappa shape index (κ2) is 5.38. The van der Waals surface area contributed by atoms with Crippen molar-refractivity contribution in [3.63, 3.8) is 0 Å². The van der Waals surface area contributed by atoms with Crippen molar-refractivity contribution in [1.82, 2.24) is 4.90 Å². The summed E-state index contributed by atoms with van der Waals surface area (Å²) in [6.45, 7) is 8.09. The maximum Gasteiger partial charge on any atom is 0.410 e. The van der Waals surface area contributed by atoms with Crippen LogP contribution in [0.5, 0.6) is 0 Å². The van der Waals surface area contributed by atoms with Crippen molar-refractivity contribution in [3.8, 4) is 0 Å². The fraction of sp³-hybridized carbons (Fsp3) is 0.833. The molecule has 1 rings (SSSR count). The summed E-state index contributed by atoms with van der Waals surface area (Å²) in [4.78, 5) is 24.2. The molecule has 1 saturated heterocycles. The van der Waals surface area contributed by atoms with Gasteiger partial charge in [-0.25, -0.2) is 4.79 Å². The van der Waals surface area contributed by atoms with Crippen LogP contribution < -0.4 is 0 Å². The normalized spacial score (nSPS) is 17.8. The summed E-state index contributed by atoms with van der Waals surface area (Å²) in [5.74, 6) is -0.263. The standard InChI is InChI=1S/C12H21NO4/c1-9(14)16-10-5-7-13(8-6-10)11(15)17-12(2,3)4/h10H,5-8H2,1-4H3. The lowest BCUT2D eigenvalue weighted by molar-refractivity contribution is -0.148. The van der Waals surface area contributed by atoms with Crippen molar-refractivity contribution in [2.24, 2.45) is 0 Å². The average molecular weight is 243 g/mol. The van der Waals surface area contributed by atoms with Gasteiger partial charge in [-0.2, -0.15) is 0 Å². The lowest BCUT2D eigenvalue weighted by atomic mass is 10.1. The third-order valence-corrected chi connectivity index (χ3v) is 2.43. The summed E-state index contributed by atoms with van der Waals surface area (Å²) in [7, 11) is 0. The fourth-order valence-corrected chi connectivity index (χ4v) is 1.72. The largest absolute Gasteiger partial charge is 0.462 e. The number of hydrogen-bond donors (Lipinski definition) is 0. The van der Waals surface area contributed by atoms with E-state index < -0.39 is 5.60 Å². The Bertz CT molecular complexity index is 287. The molecule has 1 amide bonds. The Morgan fingerprint density at radius 3 is 2.12 bits per heavy atom. The molecule has 0 saturated carbocycles. The van der Waals surface area contributed by atoms with Crippen LogP contribution in [0.4, 0.5) is 4.79 Å². The molecule has 0 aromatic rings. The van der Waals surface area contributed by atoms with Gasteiger partial charge in [-0.05, 0) is 20.8 Å². The van der Waals surface area contributed by atoms with Crippen LogP contribution in [0.1, 0.15) is 40.5 Å². The second-order valence-corrected chi connectivity index (χ2v) is 5.28. The van der Waals surface area contributed by atoms with E-state index in [4.69, 9.17) is 9.47 Å². The van der Waals surface area contributed by atoms with Crippen molar-refractivity contribution in [2.45, 2.75) is 52.2 Å². The zero-order valence-corrected chi connectivity index (χ0v) is 11.0. The molecule has 0 aromatic heterocycles. The number of hydrogen-bond acceptors (Lipinski definition) is 4. The van der Waals surface area contributed by atoms with E-state index in [2.05, 4.69) is 0 Å². The van der Waals surface area contributed by atoms with Crippen LogP contribution >= 0.6 is 0 Å². The van der Waals surface area contributed by atoms with E-state index in [9.17, 15) is 9.59 Å². The molecule has 0 aromatic carbocycles. The summed E-state index contributed by atoms with van der Waals surface area (Å²) in [6.07, 6.45) is 1.00. The van der Waals surface area contributed by atoms with Crippen LogP contribution in [0.25, 0.3) is 0 Å². The summed E-state index contributed by atoms with van der Waals surface area (Å²) in [5.41, 5.74) is -0.468. The zero-order chi connectivity index (χ0) is 13.1. The number of piperidine rings is 1. The quantitative estimate of drug-likeness (QED) is 0.660. The topological polar surface area (TPSA) is 55.8 Å². The van der Waals surface area contributed by atoms with Gasteiger partial charge in [0.1, 0.15) is 11.7 Å². The Morgan fingerprint density at radius 1 is 1.18 bits per heavy atom. The highest BCUT2D eigenvalue weighted by Gasteiger charge is 2.27. The molecule has 98 valence electrons. The van der Waals surface area contributed by atoms with Crippen LogP contribution in [0, 0.1) is 0 Å². The molecular formula is C12H21NO4. The van der Waals surface area contributed by atoms with E-state index in [-0.39, 0.29) is 18.2 Å². The predicted molar refractivity (Wildman–Crippen MR) is 62.6 cm³/mol. The molecule has 1 aliphatic rings. The highest BCUT2D eigenvalue weighted by atomic mass is 16.6. The highest BCUT2D eigenvalue weighted by molar-refractivity contribution is 5.68. The summed E-state index contributed by atoms with van der Waals surface area (Å²) < 4.78 is 10.4. The van der Waals surface area contributed by atoms with Crippen molar-refractivity contribution >= 4 is 12.1 Å². The van der Waals surface area contributed by atoms with Gasteiger partial charge in [-0.15, -0.1) is 0 Å². The summed E-state index contributed by atoms with van der Waals surface area (Å²) >= 11 is 0. The van der Waals surface area contributed by atoms with Crippen LogP contribution in [-0.4, -0.2) is 41.8 Å². The third kappa shape index (κ3) is 5.06. The van der Waals surface area contributed by atoms with E-state index in [0.29, 0.717) is 25.9 Å². The zero-order valence-electron chi connectivity index (χ0n) is 11.0. The molecule has 5 heteroatoms. The number of amides is 1. The molecule has 0 atom stereocenters. The molecule has 17 heavy (non-hydrogen) atoms. The maximum absolute atomic E-state index is 11.7. The number of carbonyl (C=O) groups is 2. The number of esters is 1. The molecule has 0 unspecified atom stereocenters. The van der Waals surface area contributed by atoms with Gasteiger partial charge < -0.3 is 14.4 Å². The molecule has 0 spiro atoms. The highest BCUT2D eigenvalue weighted by Crippen LogP contribution is 2.17. The number of ether oxygens (including phenoxy) is 2. The van der Waals surface area contributed by atoms with Crippen LogP contribution in [0.3, 0.4) is 0 Å². The smallest absolute Gasteiger partial charge is 0.410 e. The van der Waals surface area contributed by atoms with E-state index >= 15 is 0 Å². The summed E-state index contributed by atoms with van der Waals surface area (Å²) in [6, 6.07) is 0. The minimum atomic E-state index is -0.468. The number of nitrogens with zero attached hydrogens (tertiary/aromatic N) is 1. The van der Waals surface area contributed by atoms with E-state index in [1.165, 1.54) is 6.92 Å². The van der Waals surface area contributed by atoms with Gasteiger partial charge in [0.05, 0.1) is 0 Å². The first kappa shape index (κ1) is 13.8. The number of carbonyl (C=O) groups excluding carboxylic acids is 2. The SMILES string of the molecule is CC(=O)OC1CCN(C(=O)OC(C)(C)C)CC1. The van der Waals surface area contributed by atoms with Crippen molar-refractivity contribution in [2.75, 3.05) is 13.1 Å². The fourth-order valence-electron chi connectivity index (χ4n) is 1.72. The lowest BCUT2D eigenvalue weighted by Crippen LogP contribution is -2.43. The van der Waals surface area contributed by atoms with E-state index in [0.717, 1.165) is 0 Å². The second-order valence-electron chi connectivity index (χ2n) is 5.28. The van der Waals surface area contributed by atoms with Crippen LogP contribution in [-0.2, 0) is 14.3 Å². The van der Waals surface area contributed by atoms with Crippen molar-refractivity contribution in [1.29, 1.82) is 0 Å². The molecular weight excluding hydrogens is 222 g/mol. The van der Waals surface area contributed by atoms with Crippen molar-refractivity contribution in [3.05, 3.63) is 0 Å². The molecule has 1 aliphatic heterocycles. The first-order valence-electron chi connectivity index (χ1n) is 5.93. The molecule has 5 nitrogen and oxygen atoms in total. The first-order valence-corrected chi connectivity index (χ1v) is 5.93. The summed E-state index contributed by atoms with van der Waals surface area (Å²) in [5, 5.41) is 0.